The van der Waals surface area contributed by atoms with E-state index in [0.29, 0.717) is 24.6 Å². The molecule has 0 aliphatic carbocycles. The molecule has 6 heteroatoms. The predicted octanol–water partition coefficient (Wildman–Crippen LogP) is 2.13. The summed E-state index contributed by atoms with van der Waals surface area (Å²) in [6.07, 6.45) is 1.92. The number of anilines is 1. The first-order valence-electron chi connectivity index (χ1n) is 7.44. The van der Waals surface area contributed by atoms with Crippen LogP contribution in [0.4, 0.5) is 5.82 Å². The van der Waals surface area contributed by atoms with Crippen LogP contribution in [0.25, 0.3) is 11.0 Å². The quantitative estimate of drug-likeness (QED) is 0.736. The molecule has 1 amide bonds. The van der Waals surface area contributed by atoms with Gasteiger partial charge in [0, 0.05) is 19.2 Å². The number of hydrogen-bond donors (Lipinski definition) is 1. The number of carbonyl (C=O) groups excluding carboxylic acids is 2. The highest BCUT2D eigenvalue weighted by Gasteiger charge is 2.36. The zero-order chi connectivity index (χ0) is 15.8. The molecular weight excluding hydrogens is 292 g/mol. The van der Waals surface area contributed by atoms with Gasteiger partial charge in [-0.25, -0.2) is 9.97 Å². The normalized spacial score (nSPS) is 17.0. The van der Waals surface area contributed by atoms with Crippen molar-refractivity contribution in [3.8, 4) is 0 Å². The number of aromatic nitrogens is 3. The van der Waals surface area contributed by atoms with Gasteiger partial charge in [-0.15, -0.1) is 0 Å². The molecule has 1 unspecified atom stereocenters. The number of nitrogens with one attached hydrogen (secondary N) is 1. The van der Waals surface area contributed by atoms with Crippen LogP contribution in [-0.2, 0) is 16.1 Å². The van der Waals surface area contributed by atoms with Crippen molar-refractivity contribution in [2.75, 3.05) is 5.32 Å². The molecule has 6 nitrogen and oxygen atoms in total. The first kappa shape index (κ1) is 13.6. The molecule has 4 rings (SSSR count). The zero-order valence-corrected chi connectivity index (χ0v) is 12.3. The molecule has 1 atom stereocenters. The second kappa shape index (κ2) is 5.31. The van der Waals surface area contributed by atoms with E-state index in [4.69, 9.17) is 0 Å². The molecular formula is C17H14N4O2. The number of rotatable bonds is 2. The van der Waals surface area contributed by atoms with Crippen LogP contribution < -0.4 is 5.32 Å². The second-order valence-electron chi connectivity index (χ2n) is 5.46. The van der Waals surface area contributed by atoms with Gasteiger partial charge in [-0.05, 0) is 24.3 Å². The standard InChI is InChI=1S/C17H14N4O2/c22-13-8-10-21-12-6-2-1-5-11(12)19-16(21)15(13)17(23)20-14-7-3-4-9-18-14/h1-7,9,15H,8,10H2,(H,18,20,23). The van der Waals surface area contributed by atoms with Crippen LogP contribution in [0.2, 0.25) is 0 Å². The molecule has 1 aliphatic heterocycles. The number of amides is 1. The third kappa shape index (κ3) is 2.28. The maximum Gasteiger partial charge on any atom is 0.243 e. The Morgan fingerprint density at radius 2 is 2.00 bits per heavy atom. The lowest BCUT2D eigenvalue weighted by Crippen LogP contribution is -2.34. The maximum absolute atomic E-state index is 12.6. The number of ketones is 1. The monoisotopic (exact) mass is 306 g/mol. The highest BCUT2D eigenvalue weighted by atomic mass is 16.2. The first-order chi connectivity index (χ1) is 11.2. The summed E-state index contributed by atoms with van der Waals surface area (Å²) in [6, 6.07) is 12.9. The lowest BCUT2D eigenvalue weighted by molar-refractivity contribution is -0.128. The third-order valence-electron chi connectivity index (χ3n) is 4.02. The molecule has 1 N–H and O–H groups in total. The number of Topliss-reactive ketones (excluding diaryl/α,β-unsaturated/α-hetero) is 1. The number of hydrogen-bond acceptors (Lipinski definition) is 4. The fraction of sp³-hybridized carbons (Fsp3) is 0.176. The Morgan fingerprint density at radius 1 is 1.17 bits per heavy atom. The Labute approximate surface area is 132 Å². The number of nitrogens with zero attached hydrogens (tertiary/aromatic N) is 3. The van der Waals surface area contributed by atoms with Gasteiger partial charge in [-0.1, -0.05) is 18.2 Å². The van der Waals surface area contributed by atoms with Crippen molar-refractivity contribution >= 4 is 28.5 Å². The minimum atomic E-state index is -0.891. The lowest BCUT2D eigenvalue weighted by Gasteiger charge is -2.22. The van der Waals surface area contributed by atoms with Crippen molar-refractivity contribution in [1.29, 1.82) is 0 Å². The molecule has 1 aliphatic rings. The summed E-state index contributed by atoms with van der Waals surface area (Å²) in [7, 11) is 0. The van der Waals surface area contributed by atoms with Gasteiger partial charge in [0.1, 0.15) is 11.6 Å². The van der Waals surface area contributed by atoms with Gasteiger partial charge in [0.25, 0.3) is 0 Å². The average Bonchev–Trinajstić information content (AvgIpc) is 2.93. The van der Waals surface area contributed by atoms with E-state index in [-0.39, 0.29) is 11.7 Å². The predicted molar refractivity (Wildman–Crippen MR) is 85.0 cm³/mol. The molecule has 0 saturated carbocycles. The molecule has 0 spiro atoms. The van der Waals surface area contributed by atoms with Crippen LogP contribution in [0.15, 0.2) is 48.7 Å². The van der Waals surface area contributed by atoms with E-state index in [1.165, 1.54) is 0 Å². The van der Waals surface area contributed by atoms with E-state index in [9.17, 15) is 9.59 Å². The van der Waals surface area contributed by atoms with Gasteiger partial charge >= 0.3 is 0 Å². The van der Waals surface area contributed by atoms with Crippen LogP contribution in [0.3, 0.4) is 0 Å². The Kier molecular flexibility index (Phi) is 3.15. The lowest BCUT2D eigenvalue weighted by atomic mass is 9.96. The second-order valence-corrected chi connectivity index (χ2v) is 5.46. The Bertz CT molecular complexity index is 901. The van der Waals surface area contributed by atoms with E-state index in [0.717, 1.165) is 11.0 Å². The van der Waals surface area contributed by atoms with Crippen molar-refractivity contribution < 1.29 is 9.59 Å². The highest BCUT2D eigenvalue weighted by molar-refractivity contribution is 6.11. The van der Waals surface area contributed by atoms with Crippen molar-refractivity contribution in [2.24, 2.45) is 0 Å². The molecule has 23 heavy (non-hydrogen) atoms. The largest absolute Gasteiger partial charge is 0.326 e. The van der Waals surface area contributed by atoms with E-state index in [1.54, 1.807) is 24.4 Å². The summed E-state index contributed by atoms with van der Waals surface area (Å²) in [5.74, 6) is -0.446. The smallest absolute Gasteiger partial charge is 0.243 e. The van der Waals surface area contributed by atoms with Crippen LogP contribution in [0, 0.1) is 0 Å². The van der Waals surface area contributed by atoms with Gasteiger partial charge in [0.15, 0.2) is 11.7 Å². The molecule has 0 saturated heterocycles. The van der Waals surface area contributed by atoms with Crippen molar-refractivity contribution in [3.05, 3.63) is 54.5 Å². The molecule has 3 aromatic rings. The summed E-state index contributed by atoms with van der Waals surface area (Å²) in [4.78, 5) is 33.5. The van der Waals surface area contributed by atoms with E-state index < -0.39 is 5.92 Å². The number of fused-ring (bicyclic) bond motifs is 3. The number of benzene rings is 1. The van der Waals surface area contributed by atoms with Gasteiger partial charge < -0.3 is 9.88 Å². The summed E-state index contributed by atoms with van der Waals surface area (Å²) in [5.41, 5.74) is 1.75. The van der Waals surface area contributed by atoms with Gasteiger partial charge in [0.2, 0.25) is 5.91 Å². The van der Waals surface area contributed by atoms with Gasteiger partial charge in [-0.3, -0.25) is 9.59 Å². The van der Waals surface area contributed by atoms with Crippen molar-refractivity contribution in [3.63, 3.8) is 0 Å². The van der Waals surface area contributed by atoms with E-state index in [2.05, 4.69) is 15.3 Å². The summed E-state index contributed by atoms with van der Waals surface area (Å²) < 4.78 is 1.96. The number of para-hydroxylation sites is 2. The highest BCUT2D eigenvalue weighted by Crippen LogP contribution is 2.29. The van der Waals surface area contributed by atoms with Crippen molar-refractivity contribution in [1.82, 2.24) is 14.5 Å². The molecule has 1 aromatic carbocycles. The van der Waals surface area contributed by atoms with Gasteiger partial charge in [-0.2, -0.15) is 0 Å². The molecule has 114 valence electrons. The first-order valence-corrected chi connectivity index (χ1v) is 7.44. The fourth-order valence-electron chi connectivity index (χ4n) is 2.96. The van der Waals surface area contributed by atoms with Crippen molar-refractivity contribution in [2.45, 2.75) is 18.9 Å². The summed E-state index contributed by atoms with van der Waals surface area (Å²) in [6.45, 7) is 0.558. The molecule has 2 aromatic heterocycles. The molecule has 3 heterocycles. The Balaban J connectivity index is 1.74. The third-order valence-corrected chi connectivity index (χ3v) is 4.02. The minimum Gasteiger partial charge on any atom is -0.326 e. The number of aryl methyl sites for hydroxylation is 1. The molecule has 0 bridgehead atoms. The van der Waals surface area contributed by atoms with Crippen LogP contribution in [0.1, 0.15) is 18.2 Å². The molecule has 0 radical (unpaired) electrons. The average molecular weight is 306 g/mol. The Hall–Kier alpha value is -3.02. The zero-order valence-electron chi connectivity index (χ0n) is 12.3. The van der Waals surface area contributed by atoms with Gasteiger partial charge in [0.05, 0.1) is 11.0 Å². The van der Waals surface area contributed by atoms with Crippen LogP contribution >= 0.6 is 0 Å². The van der Waals surface area contributed by atoms with E-state index in [1.807, 2.05) is 28.8 Å². The SMILES string of the molecule is O=C1CCn2c(nc3ccccc32)C1C(=O)Nc1ccccn1. The van der Waals surface area contributed by atoms with E-state index >= 15 is 0 Å². The van der Waals surface area contributed by atoms with Crippen LogP contribution in [0.5, 0.6) is 0 Å². The maximum atomic E-state index is 12.6. The number of pyridine rings is 1. The number of imidazole rings is 1. The molecule has 0 fully saturated rings. The van der Waals surface area contributed by atoms with Crippen LogP contribution in [-0.4, -0.2) is 26.2 Å². The number of carbonyl (C=O) groups is 2. The Morgan fingerprint density at radius 3 is 2.83 bits per heavy atom. The fourth-order valence-corrected chi connectivity index (χ4v) is 2.96. The minimum absolute atomic E-state index is 0.110. The topological polar surface area (TPSA) is 76.9 Å². The summed E-state index contributed by atoms with van der Waals surface area (Å²) >= 11 is 0. The summed E-state index contributed by atoms with van der Waals surface area (Å²) in [5, 5.41) is 2.70.